The lowest BCUT2D eigenvalue weighted by Gasteiger charge is -2.28. The van der Waals surface area contributed by atoms with Gasteiger partial charge < -0.3 is 64.8 Å². The maximum absolute atomic E-state index is 13.7. The minimum atomic E-state index is -1.52. The molecule has 0 aliphatic carbocycles. The van der Waals surface area contributed by atoms with Gasteiger partial charge in [0.15, 0.2) is 5.96 Å². The molecule has 0 spiro atoms. The normalized spacial score (nSPS) is 14.9. The smallest absolute Gasteiger partial charge is 0.326 e. The molecule has 0 heterocycles. The number of nitrogens with zero attached hydrogens (tertiary/aromatic N) is 1. The van der Waals surface area contributed by atoms with Crippen LogP contribution in [0, 0.1) is 11.8 Å². The molecule has 0 fully saturated rings. The summed E-state index contributed by atoms with van der Waals surface area (Å²) in [6.45, 7) is 7.25. The zero-order chi connectivity index (χ0) is 41.5. The minimum absolute atomic E-state index is 0.0196. The highest BCUT2D eigenvalue weighted by Gasteiger charge is 2.34. The molecule has 0 rings (SSSR count). The van der Waals surface area contributed by atoms with Crippen LogP contribution in [0.15, 0.2) is 4.99 Å². The number of hydrogen-bond donors (Lipinski definition) is 12. The summed E-state index contributed by atoms with van der Waals surface area (Å²) in [5, 5.41) is 40.4. The summed E-state index contributed by atoms with van der Waals surface area (Å²) in [5.41, 5.74) is 22.0. The Morgan fingerprint density at radius 1 is 0.648 bits per heavy atom. The molecule has 0 aromatic carbocycles. The number of carbonyl (C=O) groups is 8. The molecule has 0 bridgehead atoms. The Labute approximate surface area is 314 Å². The molecule has 54 heavy (non-hydrogen) atoms. The summed E-state index contributed by atoms with van der Waals surface area (Å²) in [6, 6.07) is -8.17. The molecule has 16 N–H and O–H groups in total. The molecule has 5 amide bonds. The van der Waals surface area contributed by atoms with E-state index >= 15 is 0 Å². The molecule has 21 heteroatoms. The Morgan fingerprint density at radius 2 is 1.13 bits per heavy atom. The van der Waals surface area contributed by atoms with Crippen LogP contribution in [0.4, 0.5) is 0 Å². The van der Waals surface area contributed by atoms with Crippen molar-refractivity contribution in [3.8, 4) is 0 Å². The van der Waals surface area contributed by atoms with Gasteiger partial charge in [0.25, 0.3) is 0 Å². The molecule has 0 aromatic heterocycles. The number of nitrogens with two attached hydrogens (primary N) is 4. The average molecular weight is 773 g/mol. The van der Waals surface area contributed by atoms with Gasteiger partial charge in [0.2, 0.25) is 29.5 Å². The largest absolute Gasteiger partial charge is 0.481 e. The van der Waals surface area contributed by atoms with Crippen molar-refractivity contribution < 1.29 is 53.7 Å². The Balaban J connectivity index is 6.38. The van der Waals surface area contributed by atoms with Gasteiger partial charge in [-0.2, -0.15) is 0 Å². The van der Waals surface area contributed by atoms with Crippen molar-refractivity contribution in [2.24, 2.45) is 39.8 Å². The van der Waals surface area contributed by atoms with Gasteiger partial charge >= 0.3 is 17.9 Å². The number of rotatable bonds is 28. The molecule has 0 radical (unpaired) electrons. The number of carboxylic acid groups (broad SMARTS) is 3. The Kier molecular flexibility index (Phi) is 23.4. The molecule has 21 nitrogen and oxygen atoms in total. The fourth-order valence-corrected chi connectivity index (χ4v) is 5.09. The lowest BCUT2D eigenvalue weighted by atomic mass is 9.98. The van der Waals surface area contributed by atoms with Gasteiger partial charge in [0.1, 0.15) is 30.2 Å². The van der Waals surface area contributed by atoms with Crippen molar-refractivity contribution in [2.75, 3.05) is 13.1 Å². The second kappa shape index (κ2) is 25.8. The Bertz CT molecular complexity index is 1310. The van der Waals surface area contributed by atoms with Crippen LogP contribution in [-0.2, 0) is 38.4 Å². The maximum Gasteiger partial charge on any atom is 0.326 e. The van der Waals surface area contributed by atoms with E-state index in [2.05, 4.69) is 31.6 Å². The molecular formula is C33H60N10O11. The van der Waals surface area contributed by atoms with E-state index in [0.717, 1.165) is 0 Å². The highest BCUT2D eigenvalue weighted by molar-refractivity contribution is 5.96. The van der Waals surface area contributed by atoms with Crippen LogP contribution in [0.5, 0.6) is 0 Å². The number of hydrogen-bond acceptors (Lipinski definition) is 11. The quantitative estimate of drug-likeness (QED) is 0.0221. The molecule has 0 saturated carbocycles. The van der Waals surface area contributed by atoms with E-state index in [9.17, 15) is 48.6 Å². The summed E-state index contributed by atoms with van der Waals surface area (Å²) in [6.07, 6.45) is -0.257. The summed E-state index contributed by atoms with van der Waals surface area (Å²) in [7, 11) is 0. The van der Waals surface area contributed by atoms with Crippen molar-refractivity contribution in [2.45, 2.75) is 128 Å². The standard InChI is InChI=1S/C33H60N10O11/c1-5-18(4)26(32(53)54)43-30(51)21(10-8-14-38-33(36)37)40-31(52)23(15-17(2)3)42-29(50)22(11-12-24(44)45)41-28(49)20(9-6-7-13-34)39-27(48)19(35)16-25(46)47/h17-23,26H,5-16,34-35H2,1-4H3,(H,39,48)(H,40,52)(H,41,49)(H,42,50)(H,43,51)(H,44,45)(H,46,47)(H,53,54)(H4,36,37,38)/t18-,19-,20-,21-,22-,23-,26-/m0/s1. The Hall–Kier alpha value is -5.05. The summed E-state index contributed by atoms with van der Waals surface area (Å²) in [4.78, 5) is 105. The van der Waals surface area contributed by atoms with E-state index in [0.29, 0.717) is 19.3 Å². The van der Waals surface area contributed by atoms with Crippen molar-refractivity contribution in [3.05, 3.63) is 0 Å². The second-order valence-electron chi connectivity index (χ2n) is 13.5. The first-order valence-corrected chi connectivity index (χ1v) is 17.9. The van der Waals surface area contributed by atoms with Crippen molar-refractivity contribution in [1.29, 1.82) is 0 Å². The van der Waals surface area contributed by atoms with Crippen LogP contribution >= 0.6 is 0 Å². The highest BCUT2D eigenvalue weighted by Crippen LogP contribution is 2.12. The van der Waals surface area contributed by atoms with Gasteiger partial charge in [-0.25, -0.2) is 4.79 Å². The Morgan fingerprint density at radius 3 is 1.59 bits per heavy atom. The van der Waals surface area contributed by atoms with E-state index in [1.165, 1.54) is 0 Å². The topological polar surface area (TPSA) is 374 Å². The first-order valence-electron chi connectivity index (χ1n) is 17.9. The van der Waals surface area contributed by atoms with Crippen LogP contribution in [0.25, 0.3) is 0 Å². The lowest BCUT2D eigenvalue weighted by Crippen LogP contribution is -2.59. The van der Waals surface area contributed by atoms with Crippen LogP contribution in [-0.4, -0.2) is 118 Å². The summed E-state index contributed by atoms with van der Waals surface area (Å²) >= 11 is 0. The van der Waals surface area contributed by atoms with Gasteiger partial charge in [-0.3, -0.25) is 38.6 Å². The maximum atomic E-state index is 13.7. The van der Waals surface area contributed by atoms with Gasteiger partial charge in [-0.1, -0.05) is 34.1 Å². The van der Waals surface area contributed by atoms with Gasteiger partial charge in [-0.15, -0.1) is 0 Å². The molecule has 308 valence electrons. The molecule has 0 saturated heterocycles. The summed E-state index contributed by atoms with van der Waals surface area (Å²) in [5.74, 6) is -9.18. The average Bonchev–Trinajstić information content (AvgIpc) is 3.07. The monoisotopic (exact) mass is 772 g/mol. The molecule has 0 aliphatic heterocycles. The van der Waals surface area contributed by atoms with Crippen molar-refractivity contribution >= 4 is 53.4 Å². The van der Waals surface area contributed by atoms with E-state index in [4.69, 9.17) is 28.0 Å². The first-order chi connectivity index (χ1) is 25.2. The zero-order valence-electron chi connectivity index (χ0n) is 31.5. The molecule has 0 unspecified atom stereocenters. The van der Waals surface area contributed by atoms with Crippen molar-refractivity contribution in [1.82, 2.24) is 26.6 Å². The molecular weight excluding hydrogens is 712 g/mol. The van der Waals surface area contributed by atoms with E-state index < -0.39 is 109 Å². The van der Waals surface area contributed by atoms with Crippen LogP contribution in [0.1, 0.15) is 91.9 Å². The molecule has 7 atom stereocenters. The van der Waals surface area contributed by atoms with E-state index in [1.807, 2.05) is 0 Å². The van der Waals surface area contributed by atoms with Crippen LogP contribution in [0.2, 0.25) is 0 Å². The van der Waals surface area contributed by atoms with Crippen molar-refractivity contribution in [3.63, 3.8) is 0 Å². The third-order valence-electron chi connectivity index (χ3n) is 8.29. The third-order valence-corrected chi connectivity index (χ3v) is 8.29. The number of carboxylic acids is 3. The van der Waals surface area contributed by atoms with Gasteiger partial charge in [0, 0.05) is 13.0 Å². The number of unbranched alkanes of at least 4 members (excludes halogenated alkanes) is 1. The van der Waals surface area contributed by atoms with E-state index in [-0.39, 0.29) is 50.7 Å². The van der Waals surface area contributed by atoms with Crippen LogP contribution in [0.3, 0.4) is 0 Å². The number of nitrogens with one attached hydrogen (secondary N) is 5. The number of aliphatic carboxylic acids is 3. The predicted molar refractivity (Wildman–Crippen MR) is 196 cm³/mol. The minimum Gasteiger partial charge on any atom is -0.481 e. The van der Waals surface area contributed by atoms with Crippen LogP contribution < -0.4 is 49.5 Å². The van der Waals surface area contributed by atoms with E-state index in [1.54, 1.807) is 27.7 Å². The second-order valence-corrected chi connectivity index (χ2v) is 13.5. The third kappa shape index (κ3) is 20.3. The number of carbonyl (C=O) groups excluding carboxylic acids is 5. The SMILES string of the molecule is CC[C@H](C)[C@H](NC(=O)[C@H](CCCN=C(N)N)NC(=O)[C@H](CC(C)C)NC(=O)[C@H](CCC(=O)O)NC(=O)[C@H](CCCCN)NC(=O)[C@@H](N)CC(=O)O)C(=O)O. The lowest BCUT2D eigenvalue weighted by molar-refractivity contribution is -0.144. The fraction of sp³-hybridized carbons (Fsp3) is 0.727. The summed E-state index contributed by atoms with van der Waals surface area (Å²) < 4.78 is 0. The first kappa shape index (κ1) is 49.0. The van der Waals surface area contributed by atoms with Gasteiger partial charge in [0.05, 0.1) is 12.5 Å². The molecule has 0 aliphatic rings. The zero-order valence-corrected chi connectivity index (χ0v) is 31.5. The molecule has 0 aromatic rings. The number of guanidine groups is 1. The predicted octanol–water partition coefficient (Wildman–Crippen LogP) is -2.56. The fourth-order valence-electron chi connectivity index (χ4n) is 5.09. The van der Waals surface area contributed by atoms with Gasteiger partial charge in [-0.05, 0) is 63.3 Å². The number of aliphatic imine (C=N–C) groups is 1. The highest BCUT2D eigenvalue weighted by atomic mass is 16.4. The number of amides is 5.